The molecular formula is C16H14O. The van der Waals surface area contributed by atoms with Gasteiger partial charge in [0.2, 0.25) is 0 Å². The summed E-state index contributed by atoms with van der Waals surface area (Å²) in [6.07, 6.45) is 2.23. The fourth-order valence-corrected chi connectivity index (χ4v) is 2.20. The van der Waals surface area contributed by atoms with E-state index in [0.29, 0.717) is 0 Å². The van der Waals surface area contributed by atoms with Crippen molar-refractivity contribution < 1.29 is 4.74 Å². The maximum absolute atomic E-state index is 5.96. The maximum Gasteiger partial charge on any atom is 0.128 e. The molecule has 0 radical (unpaired) electrons. The number of hydrogen-bond acceptors (Lipinski definition) is 1. The van der Waals surface area contributed by atoms with Crippen LogP contribution >= 0.6 is 0 Å². The van der Waals surface area contributed by atoms with Gasteiger partial charge in [0.1, 0.15) is 11.9 Å². The average molecular weight is 222 g/mol. The summed E-state index contributed by atoms with van der Waals surface area (Å²) in [5.41, 5.74) is 3.64. The number of ether oxygens (including phenoxy) is 1. The molecule has 0 N–H and O–H groups in total. The molecule has 1 atom stereocenters. The lowest BCUT2D eigenvalue weighted by molar-refractivity contribution is 0.186. The summed E-state index contributed by atoms with van der Waals surface area (Å²) in [6, 6.07) is 18.6. The monoisotopic (exact) mass is 222 g/mol. The zero-order valence-electron chi connectivity index (χ0n) is 9.76. The van der Waals surface area contributed by atoms with Crippen LogP contribution in [0.1, 0.15) is 29.7 Å². The van der Waals surface area contributed by atoms with Gasteiger partial charge in [0, 0.05) is 5.56 Å². The Balaban J connectivity index is 2.08. The summed E-state index contributed by atoms with van der Waals surface area (Å²) in [7, 11) is 0. The molecule has 0 aromatic heterocycles. The standard InChI is InChI=1S/C16H14O/c1-12-15-10-6-5-9-14(15)11-16(17-12)13-7-3-2-4-8-13/h2-12H,1H3/t12-/m0/s1. The third-order valence-corrected chi connectivity index (χ3v) is 3.08. The Hall–Kier alpha value is -2.02. The van der Waals surface area contributed by atoms with Crippen LogP contribution in [0.4, 0.5) is 0 Å². The molecule has 3 rings (SSSR count). The van der Waals surface area contributed by atoms with Gasteiger partial charge >= 0.3 is 0 Å². The first-order valence-electron chi connectivity index (χ1n) is 5.87. The fraction of sp³-hybridized carbons (Fsp3) is 0.125. The molecule has 0 saturated heterocycles. The Bertz CT molecular complexity index is 555. The molecule has 0 spiro atoms. The van der Waals surface area contributed by atoms with E-state index in [1.807, 2.05) is 18.2 Å². The molecule has 17 heavy (non-hydrogen) atoms. The molecule has 1 nitrogen and oxygen atoms in total. The second kappa shape index (κ2) is 4.10. The molecule has 0 fully saturated rings. The van der Waals surface area contributed by atoms with E-state index in [0.717, 1.165) is 11.3 Å². The molecule has 1 heterocycles. The Morgan fingerprint density at radius 1 is 0.882 bits per heavy atom. The topological polar surface area (TPSA) is 9.23 Å². The molecule has 1 heteroatoms. The van der Waals surface area contributed by atoms with Crippen LogP contribution in [0.15, 0.2) is 54.6 Å². The van der Waals surface area contributed by atoms with Gasteiger partial charge in [-0.3, -0.25) is 0 Å². The zero-order valence-corrected chi connectivity index (χ0v) is 9.76. The molecule has 1 aliphatic heterocycles. The van der Waals surface area contributed by atoms with Crippen LogP contribution in [-0.4, -0.2) is 0 Å². The Morgan fingerprint density at radius 2 is 1.59 bits per heavy atom. The van der Waals surface area contributed by atoms with Crippen LogP contribution in [-0.2, 0) is 4.74 Å². The normalized spacial score (nSPS) is 17.9. The number of fused-ring (bicyclic) bond motifs is 1. The van der Waals surface area contributed by atoms with Crippen molar-refractivity contribution in [2.75, 3.05) is 0 Å². The highest BCUT2D eigenvalue weighted by Crippen LogP contribution is 2.34. The van der Waals surface area contributed by atoms with E-state index in [2.05, 4.69) is 49.4 Å². The molecule has 0 unspecified atom stereocenters. The first-order chi connectivity index (χ1) is 8.34. The quantitative estimate of drug-likeness (QED) is 0.700. The largest absolute Gasteiger partial charge is 0.485 e. The summed E-state index contributed by atoms with van der Waals surface area (Å²) in [4.78, 5) is 0. The summed E-state index contributed by atoms with van der Waals surface area (Å²) in [5, 5.41) is 0. The SMILES string of the molecule is C[C@@H]1OC(c2ccccc2)=Cc2ccccc21. The lowest BCUT2D eigenvalue weighted by Gasteiger charge is -2.24. The van der Waals surface area contributed by atoms with Crippen molar-refractivity contribution in [2.24, 2.45) is 0 Å². The smallest absolute Gasteiger partial charge is 0.128 e. The van der Waals surface area contributed by atoms with Crippen molar-refractivity contribution in [1.29, 1.82) is 0 Å². The minimum absolute atomic E-state index is 0.117. The van der Waals surface area contributed by atoms with E-state index >= 15 is 0 Å². The maximum atomic E-state index is 5.96. The summed E-state index contributed by atoms with van der Waals surface area (Å²) >= 11 is 0. The molecule has 84 valence electrons. The van der Waals surface area contributed by atoms with Gasteiger partial charge in [-0.15, -0.1) is 0 Å². The second-order valence-electron chi connectivity index (χ2n) is 4.26. The predicted molar refractivity (Wildman–Crippen MR) is 70.3 cm³/mol. The number of hydrogen-bond donors (Lipinski definition) is 0. The highest BCUT2D eigenvalue weighted by molar-refractivity contribution is 5.80. The van der Waals surface area contributed by atoms with Gasteiger partial charge in [-0.05, 0) is 24.1 Å². The third-order valence-electron chi connectivity index (χ3n) is 3.08. The van der Waals surface area contributed by atoms with Crippen LogP contribution in [0.2, 0.25) is 0 Å². The second-order valence-corrected chi connectivity index (χ2v) is 4.26. The van der Waals surface area contributed by atoms with Gasteiger partial charge in [0.05, 0.1) is 0 Å². The van der Waals surface area contributed by atoms with Crippen molar-refractivity contribution in [3.05, 3.63) is 71.3 Å². The summed E-state index contributed by atoms with van der Waals surface area (Å²) < 4.78 is 5.96. The Morgan fingerprint density at radius 3 is 2.41 bits per heavy atom. The van der Waals surface area contributed by atoms with Gasteiger partial charge in [0.15, 0.2) is 0 Å². The Labute approximate surface area is 101 Å². The van der Waals surface area contributed by atoms with E-state index in [-0.39, 0.29) is 6.10 Å². The molecule has 0 saturated carbocycles. The van der Waals surface area contributed by atoms with Gasteiger partial charge in [-0.1, -0.05) is 54.6 Å². The Kier molecular flexibility index (Phi) is 2.45. The predicted octanol–water partition coefficient (Wildman–Crippen LogP) is 4.28. The van der Waals surface area contributed by atoms with Gasteiger partial charge < -0.3 is 4.74 Å². The van der Waals surface area contributed by atoms with Crippen LogP contribution in [0.25, 0.3) is 11.8 Å². The van der Waals surface area contributed by atoms with Crippen LogP contribution in [0.3, 0.4) is 0 Å². The van der Waals surface area contributed by atoms with Crippen molar-refractivity contribution in [2.45, 2.75) is 13.0 Å². The summed E-state index contributed by atoms with van der Waals surface area (Å²) in [6.45, 7) is 2.09. The van der Waals surface area contributed by atoms with Crippen LogP contribution < -0.4 is 0 Å². The van der Waals surface area contributed by atoms with Gasteiger partial charge in [-0.2, -0.15) is 0 Å². The third kappa shape index (κ3) is 1.84. The van der Waals surface area contributed by atoms with Gasteiger partial charge in [0.25, 0.3) is 0 Å². The first kappa shape index (κ1) is 10.2. The molecule has 2 aromatic rings. The zero-order chi connectivity index (χ0) is 11.7. The van der Waals surface area contributed by atoms with Crippen molar-refractivity contribution in [3.63, 3.8) is 0 Å². The van der Waals surface area contributed by atoms with E-state index < -0.39 is 0 Å². The highest BCUT2D eigenvalue weighted by Gasteiger charge is 2.18. The van der Waals surface area contributed by atoms with Gasteiger partial charge in [-0.25, -0.2) is 0 Å². The van der Waals surface area contributed by atoms with Crippen molar-refractivity contribution in [3.8, 4) is 0 Å². The van der Waals surface area contributed by atoms with E-state index in [4.69, 9.17) is 4.74 Å². The average Bonchev–Trinajstić information content (AvgIpc) is 2.40. The van der Waals surface area contributed by atoms with Crippen molar-refractivity contribution >= 4 is 11.8 Å². The highest BCUT2D eigenvalue weighted by atomic mass is 16.5. The molecule has 0 bridgehead atoms. The van der Waals surface area contributed by atoms with E-state index in [9.17, 15) is 0 Å². The lowest BCUT2D eigenvalue weighted by Crippen LogP contribution is -2.06. The molecule has 1 aliphatic rings. The molecule has 0 aliphatic carbocycles. The van der Waals surface area contributed by atoms with E-state index in [1.54, 1.807) is 0 Å². The summed E-state index contributed by atoms with van der Waals surface area (Å²) in [5.74, 6) is 0.955. The van der Waals surface area contributed by atoms with E-state index in [1.165, 1.54) is 11.1 Å². The first-order valence-corrected chi connectivity index (χ1v) is 5.87. The van der Waals surface area contributed by atoms with Crippen LogP contribution in [0, 0.1) is 0 Å². The fourth-order valence-electron chi connectivity index (χ4n) is 2.20. The number of benzene rings is 2. The number of rotatable bonds is 1. The molecule has 0 amide bonds. The van der Waals surface area contributed by atoms with Crippen LogP contribution in [0.5, 0.6) is 0 Å². The minimum Gasteiger partial charge on any atom is -0.485 e. The van der Waals surface area contributed by atoms with Crippen molar-refractivity contribution in [1.82, 2.24) is 0 Å². The lowest BCUT2D eigenvalue weighted by atomic mass is 9.98. The molecule has 2 aromatic carbocycles. The molecular weight excluding hydrogens is 208 g/mol. The minimum atomic E-state index is 0.117.